The molecule has 0 heterocycles. The van der Waals surface area contributed by atoms with E-state index in [2.05, 4.69) is 65.1 Å². The third kappa shape index (κ3) is 3.87. The number of benzene rings is 2. The second-order valence-corrected chi connectivity index (χ2v) is 5.51. The molecule has 0 saturated carbocycles. The maximum atomic E-state index is 5.90. The first kappa shape index (κ1) is 13.7. The molecule has 0 aliphatic rings. The van der Waals surface area contributed by atoms with Gasteiger partial charge in [0.05, 0.1) is 6.61 Å². The molecule has 0 unspecified atom stereocenters. The molecule has 0 aliphatic carbocycles. The summed E-state index contributed by atoms with van der Waals surface area (Å²) < 4.78 is 7.16. The number of alkyl halides is 1. The molecule has 0 aliphatic heterocycles. The molecular formula is C16H19IO. The van der Waals surface area contributed by atoms with E-state index < -0.39 is 0 Å². The van der Waals surface area contributed by atoms with Gasteiger partial charge in [-0.3, -0.25) is 0 Å². The van der Waals surface area contributed by atoms with E-state index in [0.717, 1.165) is 18.8 Å². The number of halogens is 1. The highest BCUT2D eigenvalue weighted by Crippen LogP contribution is 2.25. The summed E-state index contributed by atoms with van der Waals surface area (Å²) in [6.07, 6.45) is 5.07. The van der Waals surface area contributed by atoms with Crippen LogP contribution in [0.3, 0.4) is 0 Å². The first-order chi connectivity index (χ1) is 8.92. The lowest BCUT2D eigenvalue weighted by molar-refractivity contribution is 0.308. The predicted octanol–water partition coefficient (Wildman–Crippen LogP) is 5.21. The zero-order valence-corrected chi connectivity index (χ0v) is 12.7. The van der Waals surface area contributed by atoms with Crippen LogP contribution in [-0.4, -0.2) is 11.0 Å². The number of hydrogen-bond acceptors (Lipinski definition) is 1. The van der Waals surface area contributed by atoms with Gasteiger partial charge in [-0.2, -0.15) is 0 Å². The summed E-state index contributed by atoms with van der Waals surface area (Å²) in [5.41, 5.74) is 0. The van der Waals surface area contributed by atoms with E-state index >= 15 is 0 Å². The minimum Gasteiger partial charge on any atom is -0.493 e. The molecule has 0 spiro atoms. The van der Waals surface area contributed by atoms with Crippen LogP contribution in [0.15, 0.2) is 42.5 Å². The van der Waals surface area contributed by atoms with Crippen molar-refractivity contribution < 1.29 is 4.74 Å². The normalized spacial score (nSPS) is 10.7. The Morgan fingerprint density at radius 1 is 0.833 bits per heavy atom. The summed E-state index contributed by atoms with van der Waals surface area (Å²) in [7, 11) is 0. The van der Waals surface area contributed by atoms with Crippen LogP contribution >= 0.6 is 22.6 Å². The van der Waals surface area contributed by atoms with Gasteiger partial charge in [-0.15, -0.1) is 0 Å². The van der Waals surface area contributed by atoms with E-state index in [9.17, 15) is 0 Å². The molecule has 0 fully saturated rings. The Balaban J connectivity index is 1.88. The average Bonchev–Trinajstić information content (AvgIpc) is 2.43. The number of rotatable bonds is 7. The van der Waals surface area contributed by atoms with Gasteiger partial charge in [-0.1, -0.05) is 71.8 Å². The third-order valence-electron chi connectivity index (χ3n) is 3.04. The lowest BCUT2D eigenvalue weighted by Crippen LogP contribution is -1.97. The highest BCUT2D eigenvalue weighted by Gasteiger charge is 2.00. The first-order valence-electron chi connectivity index (χ1n) is 6.58. The quantitative estimate of drug-likeness (QED) is 0.377. The second-order valence-electron chi connectivity index (χ2n) is 4.43. The van der Waals surface area contributed by atoms with Crippen molar-refractivity contribution in [2.75, 3.05) is 11.0 Å². The Kier molecular flexibility index (Phi) is 5.78. The summed E-state index contributed by atoms with van der Waals surface area (Å²) >= 11 is 2.44. The van der Waals surface area contributed by atoms with Gasteiger partial charge in [-0.25, -0.2) is 0 Å². The van der Waals surface area contributed by atoms with Gasteiger partial charge in [0.1, 0.15) is 5.75 Å². The van der Waals surface area contributed by atoms with Crippen LogP contribution in [-0.2, 0) is 0 Å². The van der Waals surface area contributed by atoms with Gasteiger partial charge in [-0.05, 0) is 28.7 Å². The maximum absolute atomic E-state index is 5.90. The molecule has 0 radical (unpaired) electrons. The van der Waals surface area contributed by atoms with Crippen LogP contribution in [0.4, 0.5) is 0 Å². The fraction of sp³-hybridized carbons (Fsp3) is 0.375. The zero-order valence-electron chi connectivity index (χ0n) is 10.6. The minimum absolute atomic E-state index is 0.829. The first-order valence-corrected chi connectivity index (χ1v) is 8.11. The zero-order chi connectivity index (χ0) is 12.6. The monoisotopic (exact) mass is 354 g/mol. The van der Waals surface area contributed by atoms with Gasteiger partial charge in [0, 0.05) is 5.39 Å². The molecule has 0 atom stereocenters. The summed E-state index contributed by atoms with van der Waals surface area (Å²) in [4.78, 5) is 0. The van der Waals surface area contributed by atoms with E-state index in [1.54, 1.807) is 0 Å². The topological polar surface area (TPSA) is 9.23 Å². The average molecular weight is 354 g/mol. The smallest absolute Gasteiger partial charge is 0.127 e. The van der Waals surface area contributed by atoms with E-state index in [0.29, 0.717) is 0 Å². The lowest BCUT2D eigenvalue weighted by Gasteiger charge is -2.09. The van der Waals surface area contributed by atoms with Gasteiger partial charge in [0.2, 0.25) is 0 Å². The van der Waals surface area contributed by atoms with Crippen molar-refractivity contribution in [3.8, 4) is 5.75 Å². The van der Waals surface area contributed by atoms with Crippen molar-refractivity contribution in [1.29, 1.82) is 0 Å². The van der Waals surface area contributed by atoms with Crippen molar-refractivity contribution in [3.63, 3.8) is 0 Å². The number of ether oxygens (including phenoxy) is 1. The Morgan fingerprint density at radius 3 is 2.50 bits per heavy atom. The Bertz CT molecular complexity index is 476. The number of fused-ring (bicyclic) bond motifs is 1. The number of unbranched alkanes of at least 4 members (excludes halogenated alkanes) is 3. The van der Waals surface area contributed by atoms with Gasteiger partial charge >= 0.3 is 0 Å². The largest absolute Gasteiger partial charge is 0.493 e. The van der Waals surface area contributed by atoms with Crippen LogP contribution < -0.4 is 4.74 Å². The molecule has 0 N–H and O–H groups in total. The molecule has 0 bridgehead atoms. The van der Waals surface area contributed by atoms with Gasteiger partial charge in [0.25, 0.3) is 0 Å². The molecule has 0 amide bonds. The predicted molar refractivity (Wildman–Crippen MR) is 86.8 cm³/mol. The van der Waals surface area contributed by atoms with Gasteiger partial charge < -0.3 is 4.74 Å². The maximum Gasteiger partial charge on any atom is 0.127 e. The lowest BCUT2D eigenvalue weighted by atomic mass is 10.1. The molecule has 2 heteroatoms. The van der Waals surface area contributed by atoms with E-state index in [1.807, 2.05) is 0 Å². The highest BCUT2D eigenvalue weighted by molar-refractivity contribution is 14.1. The van der Waals surface area contributed by atoms with Crippen molar-refractivity contribution in [3.05, 3.63) is 42.5 Å². The molecule has 96 valence electrons. The summed E-state index contributed by atoms with van der Waals surface area (Å²) in [6, 6.07) is 14.6. The van der Waals surface area contributed by atoms with Crippen LogP contribution in [0.5, 0.6) is 5.75 Å². The summed E-state index contributed by atoms with van der Waals surface area (Å²) in [5, 5.41) is 2.46. The fourth-order valence-electron chi connectivity index (χ4n) is 2.05. The SMILES string of the molecule is ICCCCCCOc1cccc2ccccc12. The van der Waals surface area contributed by atoms with Crippen LogP contribution in [0.25, 0.3) is 10.8 Å². The highest BCUT2D eigenvalue weighted by atomic mass is 127. The Hall–Kier alpha value is -0.770. The van der Waals surface area contributed by atoms with E-state index in [1.165, 1.54) is 34.5 Å². The molecule has 2 rings (SSSR count). The van der Waals surface area contributed by atoms with Crippen LogP contribution in [0.2, 0.25) is 0 Å². The number of hydrogen-bond donors (Lipinski definition) is 0. The van der Waals surface area contributed by atoms with Gasteiger partial charge in [0.15, 0.2) is 0 Å². The van der Waals surface area contributed by atoms with E-state index in [4.69, 9.17) is 4.74 Å². The van der Waals surface area contributed by atoms with Crippen molar-refractivity contribution in [2.24, 2.45) is 0 Å². The molecule has 1 nitrogen and oxygen atoms in total. The van der Waals surface area contributed by atoms with E-state index in [-0.39, 0.29) is 0 Å². The van der Waals surface area contributed by atoms with Crippen molar-refractivity contribution in [1.82, 2.24) is 0 Å². The second kappa shape index (κ2) is 7.62. The molecule has 2 aromatic rings. The fourth-order valence-corrected chi connectivity index (χ4v) is 2.59. The molecular weight excluding hydrogens is 335 g/mol. The standard InChI is InChI=1S/C16H19IO/c17-12-5-1-2-6-13-18-16-11-7-9-14-8-3-4-10-15(14)16/h3-4,7-11H,1-2,5-6,12-13H2. The summed E-state index contributed by atoms with van der Waals surface area (Å²) in [6.45, 7) is 0.829. The Morgan fingerprint density at radius 2 is 1.61 bits per heavy atom. The van der Waals surface area contributed by atoms with Crippen molar-refractivity contribution in [2.45, 2.75) is 25.7 Å². The third-order valence-corrected chi connectivity index (χ3v) is 3.80. The van der Waals surface area contributed by atoms with Crippen LogP contribution in [0.1, 0.15) is 25.7 Å². The van der Waals surface area contributed by atoms with Crippen LogP contribution in [0, 0.1) is 0 Å². The molecule has 0 saturated heterocycles. The molecule has 0 aromatic heterocycles. The Labute approximate surface area is 123 Å². The molecule has 18 heavy (non-hydrogen) atoms. The summed E-state index contributed by atoms with van der Waals surface area (Å²) in [5.74, 6) is 1.02. The molecule has 2 aromatic carbocycles. The van der Waals surface area contributed by atoms with Crippen molar-refractivity contribution >= 4 is 33.4 Å². The minimum atomic E-state index is 0.829.